The van der Waals surface area contributed by atoms with Crippen molar-refractivity contribution in [2.45, 2.75) is 26.4 Å². The molecule has 18 heavy (non-hydrogen) atoms. The average Bonchev–Trinajstić information content (AvgIpc) is 2.76. The number of hydrogen-bond acceptors (Lipinski definition) is 3. The largest absolute Gasteiger partial charge is 0.484 e. The molecule has 2 aromatic rings. The summed E-state index contributed by atoms with van der Waals surface area (Å²) in [6.45, 7) is 4.05. The Morgan fingerprint density at radius 3 is 2.83 bits per heavy atom. The second-order valence-electron chi connectivity index (χ2n) is 4.70. The highest BCUT2D eigenvalue weighted by Gasteiger charge is 2.29. The fraction of sp³-hybridized carbons (Fsp3) is 0.267. The molecule has 0 radical (unpaired) electrons. The van der Waals surface area contributed by atoms with Gasteiger partial charge in [0, 0.05) is 4.88 Å². The fourth-order valence-corrected chi connectivity index (χ4v) is 3.25. The van der Waals surface area contributed by atoms with Crippen LogP contribution in [0.1, 0.15) is 38.9 Å². The van der Waals surface area contributed by atoms with E-state index in [4.69, 9.17) is 4.74 Å². The number of aryl methyl sites for hydroxylation is 2. The van der Waals surface area contributed by atoms with Crippen molar-refractivity contribution < 1.29 is 9.53 Å². The summed E-state index contributed by atoms with van der Waals surface area (Å²) in [5.41, 5.74) is 3.02. The topological polar surface area (TPSA) is 26.3 Å². The van der Waals surface area contributed by atoms with Crippen molar-refractivity contribution in [2.75, 3.05) is 0 Å². The molecule has 0 saturated heterocycles. The summed E-state index contributed by atoms with van der Waals surface area (Å²) in [5, 5.41) is 2.04. The number of fused-ring (bicyclic) bond motifs is 1. The van der Waals surface area contributed by atoms with Crippen molar-refractivity contribution in [1.29, 1.82) is 0 Å². The SMILES string of the molecule is Cc1ccc2c(c1)C(=O)CC(c1sccc1C)O2. The lowest BCUT2D eigenvalue weighted by molar-refractivity contribution is 0.0853. The van der Waals surface area contributed by atoms with Gasteiger partial charge >= 0.3 is 0 Å². The van der Waals surface area contributed by atoms with E-state index >= 15 is 0 Å². The molecule has 2 nitrogen and oxygen atoms in total. The van der Waals surface area contributed by atoms with Crippen LogP contribution in [0.2, 0.25) is 0 Å². The van der Waals surface area contributed by atoms with Gasteiger partial charge in [0.25, 0.3) is 0 Å². The van der Waals surface area contributed by atoms with Gasteiger partial charge in [0.1, 0.15) is 11.9 Å². The zero-order chi connectivity index (χ0) is 12.7. The van der Waals surface area contributed by atoms with Crippen LogP contribution in [0.3, 0.4) is 0 Å². The number of carbonyl (C=O) groups excluding carboxylic acids is 1. The molecule has 3 rings (SSSR count). The van der Waals surface area contributed by atoms with Crippen LogP contribution in [0.15, 0.2) is 29.6 Å². The van der Waals surface area contributed by atoms with Gasteiger partial charge < -0.3 is 4.74 Å². The summed E-state index contributed by atoms with van der Waals surface area (Å²) in [4.78, 5) is 13.3. The van der Waals surface area contributed by atoms with Crippen LogP contribution in [0.4, 0.5) is 0 Å². The third-order valence-corrected chi connectivity index (χ3v) is 4.38. The smallest absolute Gasteiger partial charge is 0.170 e. The maximum atomic E-state index is 12.2. The first-order valence-electron chi connectivity index (χ1n) is 5.99. The van der Waals surface area contributed by atoms with Crippen molar-refractivity contribution in [1.82, 2.24) is 0 Å². The van der Waals surface area contributed by atoms with E-state index in [0.29, 0.717) is 6.42 Å². The number of rotatable bonds is 1. The molecule has 0 aliphatic carbocycles. The minimum atomic E-state index is -0.118. The van der Waals surface area contributed by atoms with Crippen LogP contribution >= 0.6 is 11.3 Å². The number of carbonyl (C=O) groups is 1. The number of thiophene rings is 1. The Morgan fingerprint density at radius 2 is 2.11 bits per heavy atom. The molecule has 1 atom stereocenters. The van der Waals surface area contributed by atoms with Gasteiger partial charge in [0.15, 0.2) is 5.78 Å². The van der Waals surface area contributed by atoms with E-state index in [1.807, 2.05) is 30.5 Å². The fourth-order valence-electron chi connectivity index (χ4n) is 2.30. The highest BCUT2D eigenvalue weighted by molar-refractivity contribution is 7.10. The van der Waals surface area contributed by atoms with Crippen LogP contribution in [0.5, 0.6) is 5.75 Å². The summed E-state index contributed by atoms with van der Waals surface area (Å²) >= 11 is 1.66. The van der Waals surface area contributed by atoms with Crippen LogP contribution in [-0.4, -0.2) is 5.78 Å². The zero-order valence-electron chi connectivity index (χ0n) is 10.4. The molecule has 0 fully saturated rings. The Morgan fingerprint density at radius 1 is 1.28 bits per heavy atom. The molecule has 1 unspecified atom stereocenters. The van der Waals surface area contributed by atoms with Gasteiger partial charge in [0.2, 0.25) is 0 Å². The highest BCUT2D eigenvalue weighted by Crippen LogP contribution is 2.38. The van der Waals surface area contributed by atoms with E-state index in [9.17, 15) is 4.79 Å². The van der Waals surface area contributed by atoms with Gasteiger partial charge in [-0.2, -0.15) is 0 Å². The molecule has 0 N–H and O–H groups in total. The molecule has 1 aromatic carbocycles. The number of ether oxygens (including phenoxy) is 1. The van der Waals surface area contributed by atoms with E-state index in [2.05, 4.69) is 13.0 Å². The lowest BCUT2D eigenvalue weighted by Crippen LogP contribution is -2.20. The normalized spacial score (nSPS) is 18.3. The Kier molecular flexibility index (Phi) is 2.71. The summed E-state index contributed by atoms with van der Waals surface area (Å²) in [5.74, 6) is 0.896. The molecular weight excluding hydrogens is 244 g/mol. The molecule has 3 heteroatoms. The Labute approximate surface area is 110 Å². The minimum Gasteiger partial charge on any atom is -0.484 e. The first-order valence-corrected chi connectivity index (χ1v) is 6.87. The summed E-state index contributed by atoms with van der Waals surface area (Å²) in [7, 11) is 0. The Balaban J connectivity index is 2.00. The minimum absolute atomic E-state index is 0.118. The molecule has 2 heterocycles. The molecule has 1 aromatic heterocycles. The third-order valence-electron chi connectivity index (χ3n) is 3.27. The molecule has 1 aliphatic rings. The van der Waals surface area contributed by atoms with Crippen LogP contribution in [0, 0.1) is 13.8 Å². The predicted molar refractivity (Wildman–Crippen MR) is 72.6 cm³/mol. The maximum Gasteiger partial charge on any atom is 0.170 e. The number of ketones is 1. The lowest BCUT2D eigenvalue weighted by atomic mass is 9.97. The van der Waals surface area contributed by atoms with Crippen LogP contribution in [0.25, 0.3) is 0 Å². The van der Waals surface area contributed by atoms with Crippen molar-refractivity contribution >= 4 is 17.1 Å². The van der Waals surface area contributed by atoms with E-state index in [-0.39, 0.29) is 11.9 Å². The molecule has 1 aliphatic heterocycles. The van der Waals surface area contributed by atoms with E-state index in [0.717, 1.165) is 21.8 Å². The van der Waals surface area contributed by atoms with Gasteiger partial charge in [-0.25, -0.2) is 0 Å². The standard InChI is InChI=1S/C15H14O2S/c1-9-3-4-13-11(7-9)12(16)8-14(17-13)15-10(2)5-6-18-15/h3-7,14H,8H2,1-2H3. The number of benzene rings is 1. The third kappa shape index (κ3) is 1.85. The molecular formula is C15H14O2S. The van der Waals surface area contributed by atoms with Crippen molar-refractivity contribution in [3.63, 3.8) is 0 Å². The quantitative estimate of drug-likeness (QED) is 0.770. The first kappa shape index (κ1) is 11.5. The molecule has 92 valence electrons. The Bertz CT molecular complexity index is 613. The molecule has 0 bridgehead atoms. The summed E-state index contributed by atoms with van der Waals surface area (Å²) in [6, 6.07) is 7.86. The van der Waals surface area contributed by atoms with Crippen molar-refractivity contribution in [2.24, 2.45) is 0 Å². The van der Waals surface area contributed by atoms with Crippen LogP contribution < -0.4 is 4.74 Å². The molecule has 0 spiro atoms. The van der Waals surface area contributed by atoms with Crippen LogP contribution in [-0.2, 0) is 0 Å². The van der Waals surface area contributed by atoms with Gasteiger partial charge in [-0.05, 0) is 43.0 Å². The van der Waals surface area contributed by atoms with E-state index in [1.54, 1.807) is 11.3 Å². The maximum absolute atomic E-state index is 12.2. The van der Waals surface area contributed by atoms with Crippen molar-refractivity contribution in [3.8, 4) is 5.75 Å². The van der Waals surface area contributed by atoms with E-state index < -0.39 is 0 Å². The number of hydrogen-bond donors (Lipinski definition) is 0. The lowest BCUT2D eigenvalue weighted by Gasteiger charge is -2.25. The molecule has 0 saturated carbocycles. The summed E-state index contributed by atoms with van der Waals surface area (Å²) in [6.07, 6.45) is 0.324. The number of Topliss-reactive ketones (excluding diaryl/α,β-unsaturated/α-hetero) is 1. The molecule has 0 amide bonds. The monoisotopic (exact) mass is 258 g/mol. The van der Waals surface area contributed by atoms with E-state index in [1.165, 1.54) is 5.56 Å². The summed E-state index contributed by atoms with van der Waals surface area (Å²) < 4.78 is 5.97. The zero-order valence-corrected chi connectivity index (χ0v) is 11.2. The van der Waals surface area contributed by atoms with Crippen molar-refractivity contribution in [3.05, 3.63) is 51.2 Å². The van der Waals surface area contributed by atoms with Gasteiger partial charge in [-0.3, -0.25) is 4.79 Å². The van der Waals surface area contributed by atoms with Gasteiger partial charge in [0.05, 0.1) is 12.0 Å². The predicted octanol–water partition coefficient (Wildman–Crippen LogP) is 4.07. The van der Waals surface area contributed by atoms with Gasteiger partial charge in [-0.15, -0.1) is 11.3 Å². The van der Waals surface area contributed by atoms with Gasteiger partial charge in [-0.1, -0.05) is 11.6 Å². The second-order valence-corrected chi connectivity index (χ2v) is 5.65. The highest BCUT2D eigenvalue weighted by atomic mass is 32.1. The average molecular weight is 258 g/mol. The second kappa shape index (κ2) is 4.25. The Hall–Kier alpha value is -1.61. The first-order chi connectivity index (χ1) is 8.65.